The van der Waals surface area contributed by atoms with E-state index in [4.69, 9.17) is 21.1 Å². The van der Waals surface area contributed by atoms with Gasteiger partial charge >= 0.3 is 0 Å². The fraction of sp³-hybridized carbons (Fsp3) is 0.524. The first-order valence-electron chi connectivity index (χ1n) is 9.09. The van der Waals surface area contributed by atoms with Crippen molar-refractivity contribution in [1.29, 1.82) is 0 Å². The van der Waals surface area contributed by atoms with E-state index >= 15 is 0 Å². The predicted octanol–water partition coefficient (Wildman–Crippen LogP) is 6.50. The van der Waals surface area contributed by atoms with Gasteiger partial charge in [0.25, 0.3) is 0 Å². The van der Waals surface area contributed by atoms with Gasteiger partial charge in [-0.15, -0.1) is 11.6 Å². The van der Waals surface area contributed by atoms with Crippen LogP contribution in [0.5, 0.6) is 11.5 Å². The summed E-state index contributed by atoms with van der Waals surface area (Å²) in [7, 11) is 0. The third kappa shape index (κ3) is 5.04. The van der Waals surface area contributed by atoms with E-state index in [1.807, 2.05) is 6.07 Å². The smallest absolute Gasteiger partial charge is 0.130 e. The van der Waals surface area contributed by atoms with E-state index in [1.165, 1.54) is 0 Å². The number of hydrogen-bond donors (Lipinski definition) is 0. The maximum Gasteiger partial charge on any atom is 0.130 e. The monoisotopic (exact) mass is 348 g/mol. The fourth-order valence-corrected chi connectivity index (χ4v) is 2.97. The van der Waals surface area contributed by atoms with E-state index in [1.54, 1.807) is 0 Å². The summed E-state index contributed by atoms with van der Waals surface area (Å²) in [4.78, 5) is 0. The zero-order valence-electron chi connectivity index (χ0n) is 15.1. The molecule has 1 unspecified atom stereocenters. The van der Waals surface area contributed by atoms with Crippen LogP contribution in [0.15, 0.2) is 30.3 Å². The summed E-state index contributed by atoms with van der Waals surface area (Å²) in [5, 5.41) is 2.55. The van der Waals surface area contributed by atoms with Crippen molar-refractivity contribution in [3.8, 4) is 11.5 Å². The molecule has 0 saturated heterocycles. The number of hydrogen-bond acceptors (Lipinski definition) is 2. The van der Waals surface area contributed by atoms with Crippen LogP contribution < -0.4 is 9.47 Å². The van der Waals surface area contributed by atoms with E-state index in [-0.39, 0.29) is 0 Å². The Bertz CT molecular complexity index is 639. The van der Waals surface area contributed by atoms with Gasteiger partial charge in [-0.25, -0.2) is 0 Å². The fourth-order valence-electron chi connectivity index (χ4n) is 2.82. The summed E-state index contributed by atoms with van der Waals surface area (Å²) in [5.41, 5.74) is 1.13. The minimum atomic E-state index is 0.295. The van der Waals surface area contributed by atoms with E-state index in [2.05, 4.69) is 45.0 Å². The Kier molecular flexibility index (Phi) is 7.71. The van der Waals surface area contributed by atoms with Crippen LogP contribution >= 0.6 is 11.6 Å². The highest BCUT2D eigenvalue weighted by atomic mass is 35.5. The minimum absolute atomic E-state index is 0.295. The number of alkyl halides is 1. The lowest BCUT2D eigenvalue weighted by Gasteiger charge is -2.16. The third-order valence-electron chi connectivity index (χ3n) is 4.21. The third-order valence-corrected chi connectivity index (χ3v) is 4.73. The van der Waals surface area contributed by atoms with Gasteiger partial charge in [-0.2, -0.15) is 0 Å². The Morgan fingerprint density at radius 2 is 1.75 bits per heavy atom. The normalized spacial score (nSPS) is 12.3. The van der Waals surface area contributed by atoms with Gasteiger partial charge in [0.05, 0.1) is 13.2 Å². The molecule has 0 bridgehead atoms. The van der Waals surface area contributed by atoms with E-state index < -0.39 is 0 Å². The van der Waals surface area contributed by atoms with Gasteiger partial charge in [0.2, 0.25) is 0 Å². The van der Waals surface area contributed by atoms with Gasteiger partial charge in [0, 0.05) is 16.1 Å². The number of aryl methyl sites for hydroxylation is 1. The molecule has 24 heavy (non-hydrogen) atoms. The maximum atomic E-state index is 6.16. The van der Waals surface area contributed by atoms with Crippen LogP contribution in [0.4, 0.5) is 0 Å². The number of halogens is 1. The highest BCUT2D eigenvalue weighted by Crippen LogP contribution is 2.36. The summed E-state index contributed by atoms with van der Waals surface area (Å²) in [6.07, 6.45) is 5.24. The van der Waals surface area contributed by atoms with E-state index in [0.29, 0.717) is 5.38 Å². The second-order valence-corrected chi connectivity index (χ2v) is 6.88. The summed E-state index contributed by atoms with van der Waals surface area (Å²) in [6.45, 7) is 7.81. The number of fused-ring (bicyclic) bond motifs is 1. The lowest BCUT2D eigenvalue weighted by Crippen LogP contribution is -2.03. The van der Waals surface area contributed by atoms with Crippen LogP contribution in [0.3, 0.4) is 0 Å². The molecule has 0 heterocycles. The zero-order chi connectivity index (χ0) is 17.4. The number of ether oxygens (including phenoxy) is 2. The highest BCUT2D eigenvalue weighted by molar-refractivity contribution is 6.20. The molecule has 0 aliphatic rings. The molecule has 3 heteroatoms. The standard InChI is InChI=1S/C21H29ClO2/c1-4-13-24-21-16(3)15-20(18-11-6-7-12-19(18)21)23-14-9-8-10-17(22)5-2/h6-7,11-12,15,17H,4-5,8-10,13-14H2,1-3H3. The Morgan fingerprint density at radius 3 is 2.46 bits per heavy atom. The van der Waals surface area contributed by atoms with Gasteiger partial charge < -0.3 is 9.47 Å². The average molecular weight is 349 g/mol. The summed E-state index contributed by atoms with van der Waals surface area (Å²) in [6, 6.07) is 10.4. The molecule has 0 aliphatic carbocycles. The van der Waals surface area contributed by atoms with Crippen LogP contribution in [-0.2, 0) is 0 Å². The van der Waals surface area contributed by atoms with Crippen molar-refractivity contribution in [3.63, 3.8) is 0 Å². The van der Waals surface area contributed by atoms with E-state index in [9.17, 15) is 0 Å². The lowest BCUT2D eigenvalue weighted by molar-refractivity contribution is 0.304. The van der Waals surface area contributed by atoms with Crippen molar-refractivity contribution in [2.24, 2.45) is 0 Å². The van der Waals surface area contributed by atoms with Crippen LogP contribution in [0, 0.1) is 6.92 Å². The van der Waals surface area contributed by atoms with Crippen LogP contribution in [0.25, 0.3) is 10.8 Å². The lowest BCUT2D eigenvalue weighted by atomic mass is 10.0. The molecule has 0 N–H and O–H groups in total. The molecule has 0 aliphatic heterocycles. The molecule has 1 atom stereocenters. The summed E-state index contributed by atoms with van der Waals surface area (Å²) in [5.74, 6) is 1.93. The number of unbranched alkanes of at least 4 members (excludes halogenated alkanes) is 1. The van der Waals surface area contributed by atoms with Crippen molar-refractivity contribution in [2.75, 3.05) is 13.2 Å². The molecule has 2 rings (SSSR count). The molecular formula is C21H29ClO2. The van der Waals surface area contributed by atoms with Gasteiger partial charge in [-0.1, -0.05) is 38.1 Å². The quantitative estimate of drug-likeness (QED) is 0.360. The molecule has 2 aromatic rings. The van der Waals surface area contributed by atoms with Gasteiger partial charge in [0.1, 0.15) is 11.5 Å². The first kappa shape index (κ1) is 18.9. The molecule has 0 fully saturated rings. The molecule has 0 amide bonds. The van der Waals surface area contributed by atoms with Crippen LogP contribution in [0.1, 0.15) is 51.5 Å². The van der Waals surface area contributed by atoms with Gasteiger partial charge in [-0.05, 0) is 50.7 Å². The summed E-state index contributed by atoms with van der Waals surface area (Å²) >= 11 is 6.16. The van der Waals surface area contributed by atoms with Crippen molar-refractivity contribution in [3.05, 3.63) is 35.9 Å². The molecule has 0 aromatic heterocycles. The number of benzene rings is 2. The first-order valence-corrected chi connectivity index (χ1v) is 9.53. The second kappa shape index (κ2) is 9.78. The maximum absolute atomic E-state index is 6.16. The minimum Gasteiger partial charge on any atom is -0.493 e. The molecule has 132 valence electrons. The average Bonchev–Trinajstić information content (AvgIpc) is 2.60. The Labute approximate surface area is 151 Å². The van der Waals surface area contributed by atoms with Crippen molar-refractivity contribution in [2.45, 2.75) is 58.3 Å². The second-order valence-electron chi connectivity index (χ2n) is 6.26. The molecule has 2 aromatic carbocycles. The number of rotatable bonds is 10. The first-order chi connectivity index (χ1) is 11.7. The topological polar surface area (TPSA) is 18.5 Å². The van der Waals surface area contributed by atoms with Crippen LogP contribution in [-0.4, -0.2) is 18.6 Å². The molecule has 2 nitrogen and oxygen atoms in total. The van der Waals surface area contributed by atoms with E-state index in [0.717, 1.165) is 73.2 Å². The Balaban J connectivity index is 2.08. The summed E-state index contributed by atoms with van der Waals surface area (Å²) < 4.78 is 12.0. The van der Waals surface area contributed by atoms with Crippen molar-refractivity contribution >= 4 is 22.4 Å². The van der Waals surface area contributed by atoms with Gasteiger partial charge in [0.15, 0.2) is 0 Å². The predicted molar refractivity (Wildman–Crippen MR) is 104 cm³/mol. The molecule has 0 radical (unpaired) electrons. The van der Waals surface area contributed by atoms with Crippen molar-refractivity contribution in [1.82, 2.24) is 0 Å². The molecule has 0 saturated carbocycles. The molecule has 0 spiro atoms. The zero-order valence-corrected chi connectivity index (χ0v) is 15.9. The van der Waals surface area contributed by atoms with Crippen LogP contribution in [0.2, 0.25) is 0 Å². The SMILES string of the molecule is CCCOc1c(C)cc(OCCCCC(Cl)CC)c2ccccc12. The highest BCUT2D eigenvalue weighted by Gasteiger charge is 2.11. The van der Waals surface area contributed by atoms with Gasteiger partial charge in [-0.3, -0.25) is 0 Å². The molecular weight excluding hydrogens is 320 g/mol. The van der Waals surface area contributed by atoms with Crippen molar-refractivity contribution < 1.29 is 9.47 Å². The largest absolute Gasteiger partial charge is 0.493 e. The Morgan fingerprint density at radius 1 is 1.00 bits per heavy atom. The Hall–Kier alpha value is -1.41.